The third-order valence-electron chi connectivity index (χ3n) is 6.30. The van der Waals surface area contributed by atoms with Crippen molar-refractivity contribution in [1.29, 1.82) is 0 Å². The summed E-state index contributed by atoms with van der Waals surface area (Å²) in [6.45, 7) is 0. The van der Waals surface area contributed by atoms with Crippen molar-refractivity contribution in [3.8, 4) is 0 Å². The highest BCUT2D eigenvalue weighted by atomic mass is 19.1. The fourth-order valence-corrected chi connectivity index (χ4v) is 5.85. The van der Waals surface area contributed by atoms with Crippen LogP contribution in [0.2, 0.25) is 0 Å². The predicted molar refractivity (Wildman–Crippen MR) is 96.9 cm³/mol. The zero-order chi connectivity index (χ0) is 18.1. The van der Waals surface area contributed by atoms with Gasteiger partial charge in [0, 0.05) is 12.5 Å². The van der Waals surface area contributed by atoms with Gasteiger partial charge in [-0.3, -0.25) is 20.4 Å². The molecule has 0 spiro atoms. The normalized spacial score (nSPS) is 32.0. The first-order chi connectivity index (χ1) is 12.5. The van der Waals surface area contributed by atoms with Crippen LogP contribution in [-0.2, 0) is 9.59 Å². The number of amides is 2. The minimum absolute atomic E-state index is 0.112. The number of carbonyl (C=O) groups is 2. The molecule has 0 saturated heterocycles. The molecule has 5 rings (SSSR count). The number of nitrogens with one attached hydrogen (secondary N) is 2. The van der Waals surface area contributed by atoms with Gasteiger partial charge >= 0.3 is 0 Å². The Bertz CT molecular complexity index is 708. The zero-order valence-corrected chi connectivity index (χ0v) is 14.8. The Morgan fingerprint density at radius 3 is 2.35 bits per heavy atom. The average molecular weight is 356 g/mol. The van der Waals surface area contributed by atoms with Gasteiger partial charge in [0.15, 0.2) is 0 Å². The van der Waals surface area contributed by atoms with Crippen LogP contribution in [0.25, 0.3) is 6.08 Å². The molecule has 4 fully saturated rings. The summed E-state index contributed by atoms with van der Waals surface area (Å²) in [5.41, 5.74) is 5.72. The molecule has 2 N–H and O–H groups in total. The molecule has 4 aliphatic rings. The van der Waals surface area contributed by atoms with E-state index in [-0.39, 0.29) is 17.1 Å². The summed E-state index contributed by atoms with van der Waals surface area (Å²) >= 11 is 0. The third kappa shape index (κ3) is 3.81. The Morgan fingerprint density at radius 1 is 1.08 bits per heavy atom. The molecule has 26 heavy (non-hydrogen) atoms. The van der Waals surface area contributed by atoms with Gasteiger partial charge in [0.05, 0.1) is 0 Å². The van der Waals surface area contributed by atoms with Gasteiger partial charge in [0.2, 0.25) is 5.91 Å². The van der Waals surface area contributed by atoms with E-state index < -0.39 is 5.91 Å². The largest absolute Gasteiger partial charge is 0.273 e. The topological polar surface area (TPSA) is 58.2 Å². The number of halogens is 1. The molecule has 0 atom stereocenters. The molecular weight excluding hydrogens is 331 g/mol. The maximum absolute atomic E-state index is 13.1. The lowest BCUT2D eigenvalue weighted by molar-refractivity contribution is -0.133. The second-order valence-electron chi connectivity index (χ2n) is 8.52. The molecule has 0 heterocycles. The number of hydrogen-bond acceptors (Lipinski definition) is 2. The standard InChI is InChI=1S/C21H25FN2O2/c22-18-3-1-2-14(9-18)4-5-19(25)23-24-20(26)13-21-10-15-6-16(11-21)8-17(7-15)12-21/h1-5,9,15-17H,6-8,10-13H2,(H,23,25)(H,24,26)/b5-4+. The first-order valence-electron chi connectivity index (χ1n) is 9.52. The minimum Gasteiger partial charge on any atom is -0.273 e. The van der Waals surface area contributed by atoms with Crippen LogP contribution in [0.3, 0.4) is 0 Å². The highest BCUT2D eigenvalue weighted by Gasteiger charge is 2.51. The highest BCUT2D eigenvalue weighted by Crippen LogP contribution is 2.61. The number of carbonyl (C=O) groups excluding carboxylic acids is 2. The van der Waals surface area contributed by atoms with Crippen molar-refractivity contribution < 1.29 is 14.0 Å². The monoisotopic (exact) mass is 356 g/mol. The molecule has 1 aromatic rings. The molecule has 4 aliphatic carbocycles. The van der Waals surface area contributed by atoms with Crippen molar-refractivity contribution in [2.24, 2.45) is 23.2 Å². The molecular formula is C21H25FN2O2. The van der Waals surface area contributed by atoms with Crippen molar-refractivity contribution in [3.05, 3.63) is 41.7 Å². The Labute approximate surface area is 153 Å². The van der Waals surface area contributed by atoms with Crippen LogP contribution in [0.1, 0.15) is 50.5 Å². The van der Waals surface area contributed by atoms with Crippen molar-refractivity contribution in [1.82, 2.24) is 10.9 Å². The van der Waals surface area contributed by atoms with E-state index in [1.54, 1.807) is 12.1 Å². The van der Waals surface area contributed by atoms with Crippen LogP contribution < -0.4 is 10.9 Å². The number of rotatable bonds is 4. The van der Waals surface area contributed by atoms with Crippen molar-refractivity contribution in [2.75, 3.05) is 0 Å². The Balaban J connectivity index is 1.27. The lowest BCUT2D eigenvalue weighted by atomic mass is 9.49. The van der Waals surface area contributed by atoms with Crippen LogP contribution in [-0.4, -0.2) is 11.8 Å². The fourth-order valence-electron chi connectivity index (χ4n) is 5.85. The summed E-state index contributed by atoms with van der Waals surface area (Å²) in [6.07, 6.45) is 10.9. The third-order valence-corrected chi connectivity index (χ3v) is 6.30. The predicted octanol–water partition coefficient (Wildman–Crippen LogP) is 3.59. The first kappa shape index (κ1) is 17.3. The fraction of sp³-hybridized carbons (Fsp3) is 0.524. The van der Waals surface area contributed by atoms with Gasteiger partial charge in [-0.1, -0.05) is 12.1 Å². The van der Waals surface area contributed by atoms with E-state index in [1.807, 2.05) is 0 Å². The highest BCUT2D eigenvalue weighted by molar-refractivity contribution is 5.93. The van der Waals surface area contributed by atoms with Gasteiger partial charge in [-0.15, -0.1) is 0 Å². The van der Waals surface area contributed by atoms with Crippen LogP contribution in [0.4, 0.5) is 4.39 Å². The Hall–Kier alpha value is -2.17. The molecule has 4 bridgehead atoms. The first-order valence-corrected chi connectivity index (χ1v) is 9.52. The number of hydrogen-bond donors (Lipinski definition) is 2. The summed E-state index contributed by atoms with van der Waals surface area (Å²) in [5, 5.41) is 0. The van der Waals surface area contributed by atoms with Gasteiger partial charge in [0.1, 0.15) is 5.82 Å². The van der Waals surface area contributed by atoms with Crippen molar-refractivity contribution in [2.45, 2.75) is 44.9 Å². The van der Waals surface area contributed by atoms with Crippen LogP contribution >= 0.6 is 0 Å². The summed E-state index contributed by atoms with van der Waals surface area (Å²) < 4.78 is 13.1. The molecule has 0 aliphatic heterocycles. The molecule has 4 saturated carbocycles. The number of benzene rings is 1. The molecule has 5 heteroatoms. The summed E-state index contributed by atoms with van der Waals surface area (Å²) in [4.78, 5) is 24.2. The Morgan fingerprint density at radius 2 is 1.73 bits per heavy atom. The van der Waals surface area contributed by atoms with Gasteiger partial charge in [-0.2, -0.15) is 0 Å². The SMILES string of the molecule is O=C(/C=C/c1cccc(F)c1)NNC(=O)CC12CC3CC(CC(C3)C1)C2. The van der Waals surface area contributed by atoms with E-state index in [0.717, 1.165) is 17.8 Å². The Kier molecular flexibility index (Phi) is 4.55. The minimum atomic E-state index is -0.423. The van der Waals surface area contributed by atoms with Gasteiger partial charge < -0.3 is 0 Å². The molecule has 4 nitrogen and oxygen atoms in total. The van der Waals surface area contributed by atoms with E-state index in [4.69, 9.17) is 0 Å². The second kappa shape index (κ2) is 6.86. The van der Waals surface area contributed by atoms with E-state index in [2.05, 4.69) is 10.9 Å². The lowest BCUT2D eigenvalue weighted by Gasteiger charge is -2.56. The van der Waals surface area contributed by atoms with Crippen LogP contribution in [0.5, 0.6) is 0 Å². The molecule has 138 valence electrons. The second-order valence-corrected chi connectivity index (χ2v) is 8.52. The van der Waals surface area contributed by atoms with Crippen LogP contribution in [0.15, 0.2) is 30.3 Å². The smallest absolute Gasteiger partial charge is 0.262 e. The quantitative estimate of drug-likeness (QED) is 0.640. The summed E-state index contributed by atoms with van der Waals surface area (Å²) in [6, 6.07) is 5.98. The molecule has 1 aromatic carbocycles. The van der Waals surface area contributed by atoms with E-state index in [1.165, 1.54) is 62.8 Å². The molecule has 0 unspecified atom stereocenters. The van der Waals surface area contributed by atoms with Gasteiger partial charge in [-0.25, -0.2) is 4.39 Å². The molecule has 0 aromatic heterocycles. The lowest BCUT2D eigenvalue weighted by Crippen LogP contribution is -2.49. The van der Waals surface area contributed by atoms with Crippen molar-refractivity contribution in [3.63, 3.8) is 0 Å². The number of hydrazine groups is 1. The summed E-state index contributed by atoms with van der Waals surface area (Å²) in [5.74, 6) is 1.53. The molecule has 2 amide bonds. The van der Waals surface area contributed by atoms with E-state index >= 15 is 0 Å². The van der Waals surface area contributed by atoms with Crippen molar-refractivity contribution >= 4 is 17.9 Å². The maximum atomic E-state index is 13.1. The van der Waals surface area contributed by atoms with Crippen LogP contribution in [0, 0.1) is 29.0 Å². The van der Waals surface area contributed by atoms with E-state index in [9.17, 15) is 14.0 Å². The van der Waals surface area contributed by atoms with Gasteiger partial charge in [-0.05, 0) is 85.5 Å². The van der Waals surface area contributed by atoms with E-state index in [0.29, 0.717) is 12.0 Å². The zero-order valence-electron chi connectivity index (χ0n) is 14.8. The average Bonchev–Trinajstić information content (AvgIpc) is 2.56. The molecule has 0 radical (unpaired) electrons. The maximum Gasteiger partial charge on any atom is 0.262 e. The summed E-state index contributed by atoms with van der Waals surface area (Å²) in [7, 11) is 0. The van der Waals surface area contributed by atoms with Gasteiger partial charge in [0.25, 0.3) is 5.91 Å².